The number of hydrogen-bond acceptors (Lipinski definition) is 4. The van der Waals surface area contributed by atoms with Gasteiger partial charge in [0.1, 0.15) is 0 Å². The quantitative estimate of drug-likeness (QED) is 0.394. The van der Waals surface area contributed by atoms with Crippen LogP contribution in [0.15, 0.2) is 11.4 Å². The molecule has 2 N–H and O–H groups in total. The van der Waals surface area contributed by atoms with Gasteiger partial charge in [-0.05, 0) is 18.3 Å². The first-order valence-electron chi connectivity index (χ1n) is 6.25. The molecule has 0 aliphatic heterocycles. The highest BCUT2D eigenvalue weighted by molar-refractivity contribution is 7.87. The van der Waals surface area contributed by atoms with Crippen LogP contribution in [0.4, 0.5) is 0 Å². The molecular weight excluding hydrogens is 248 g/mol. The van der Waals surface area contributed by atoms with Gasteiger partial charge in [0.2, 0.25) is 0 Å². The minimum absolute atomic E-state index is 0.120. The van der Waals surface area contributed by atoms with Crippen molar-refractivity contribution in [3.8, 4) is 0 Å². The van der Waals surface area contributed by atoms with Crippen LogP contribution in [-0.2, 0) is 0 Å². The SMILES string of the molecule is CNC1=C(NCCCCC(C)(C)C)C(S)C1=S. The fourth-order valence-electron chi connectivity index (χ4n) is 1.91. The highest BCUT2D eigenvalue weighted by Crippen LogP contribution is 2.26. The van der Waals surface area contributed by atoms with Crippen LogP contribution in [0.1, 0.15) is 40.0 Å². The summed E-state index contributed by atoms with van der Waals surface area (Å²) in [5.74, 6) is 0. The Bertz CT molecular complexity index is 316. The summed E-state index contributed by atoms with van der Waals surface area (Å²) >= 11 is 9.68. The van der Waals surface area contributed by atoms with Gasteiger partial charge >= 0.3 is 0 Å². The van der Waals surface area contributed by atoms with Crippen molar-refractivity contribution < 1.29 is 0 Å². The van der Waals surface area contributed by atoms with Gasteiger partial charge in [-0.1, -0.05) is 39.4 Å². The number of hydrogen-bond donors (Lipinski definition) is 3. The number of thiol groups is 1. The largest absolute Gasteiger partial charge is 0.386 e. The van der Waals surface area contributed by atoms with Gasteiger partial charge < -0.3 is 10.6 Å². The Kier molecular flexibility index (Phi) is 5.32. The van der Waals surface area contributed by atoms with E-state index in [9.17, 15) is 0 Å². The third-order valence-corrected chi connectivity index (χ3v) is 4.09. The maximum absolute atomic E-state index is 5.22. The summed E-state index contributed by atoms with van der Waals surface area (Å²) in [5.41, 5.74) is 2.67. The van der Waals surface area contributed by atoms with Gasteiger partial charge in [-0.15, -0.1) is 0 Å². The predicted molar refractivity (Wildman–Crippen MR) is 82.8 cm³/mol. The lowest BCUT2D eigenvalue weighted by Crippen LogP contribution is -2.43. The van der Waals surface area contributed by atoms with Crippen LogP contribution in [0, 0.1) is 5.41 Å². The van der Waals surface area contributed by atoms with Crippen molar-refractivity contribution in [2.75, 3.05) is 13.6 Å². The molecule has 1 atom stereocenters. The number of allylic oxidation sites excluding steroid dienone is 1. The van der Waals surface area contributed by atoms with Crippen molar-refractivity contribution in [3.63, 3.8) is 0 Å². The zero-order valence-corrected chi connectivity index (χ0v) is 13.0. The van der Waals surface area contributed by atoms with Crippen LogP contribution in [-0.4, -0.2) is 23.7 Å². The van der Waals surface area contributed by atoms with E-state index in [1.165, 1.54) is 19.3 Å². The van der Waals surface area contributed by atoms with E-state index in [4.69, 9.17) is 12.2 Å². The van der Waals surface area contributed by atoms with E-state index in [-0.39, 0.29) is 5.25 Å². The molecule has 0 saturated carbocycles. The van der Waals surface area contributed by atoms with E-state index in [2.05, 4.69) is 44.0 Å². The van der Waals surface area contributed by atoms with Crippen molar-refractivity contribution in [3.05, 3.63) is 11.4 Å². The first kappa shape index (κ1) is 14.8. The molecule has 0 aromatic rings. The molecule has 0 heterocycles. The van der Waals surface area contributed by atoms with Gasteiger partial charge in [0, 0.05) is 13.6 Å². The average Bonchev–Trinajstić information content (AvgIpc) is 2.24. The Morgan fingerprint density at radius 3 is 2.47 bits per heavy atom. The third-order valence-electron chi connectivity index (χ3n) is 2.96. The monoisotopic (exact) mass is 272 g/mol. The number of rotatable bonds is 6. The van der Waals surface area contributed by atoms with Crippen LogP contribution >= 0.6 is 24.8 Å². The Balaban J connectivity index is 2.24. The molecule has 1 aliphatic carbocycles. The van der Waals surface area contributed by atoms with Gasteiger partial charge in [-0.25, -0.2) is 0 Å². The van der Waals surface area contributed by atoms with Crippen LogP contribution in [0.3, 0.4) is 0 Å². The van der Waals surface area contributed by atoms with Crippen molar-refractivity contribution in [2.24, 2.45) is 5.41 Å². The Hall–Kier alpha value is -0.220. The van der Waals surface area contributed by atoms with E-state index in [0.29, 0.717) is 5.41 Å². The van der Waals surface area contributed by atoms with Crippen molar-refractivity contribution in [1.82, 2.24) is 10.6 Å². The summed E-state index contributed by atoms with van der Waals surface area (Å²) in [6.45, 7) is 7.87. The molecule has 2 nitrogen and oxygen atoms in total. The zero-order chi connectivity index (χ0) is 13.1. The van der Waals surface area contributed by atoms with Crippen LogP contribution < -0.4 is 10.6 Å². The maximum atomic E-state index is 5.22. The first-order chi connectivity index (χ1) is 7.87. The van der Waals surface area contributed by atoms with Crippen LogP contribution in [0.2, 0.25) is 0 Å². The predicted octanol–water partition coefficient (Wildman–Crippen LogP) is 2.91. The Morgan fingerprint density at radius 2 is 1.94 bits per heavy atom. The molecule has 0 fully saturated rings. The standard InChI is InChI=1S/C13H24N2S2/c1-13(2,3)7-5-6-8-15-10-9(14-4)11(16)12(10)17/h12,14-15,17H,5-8H2,1-4H3. The molecule has 0 amide bonds. The lowest BCUT2D eigenvalue weighted by atomic mass is 9.90. The van der Waals surface area contributed by atoms with Gasteiger partial charge in [-0.3, -0.25) is 0 Å². The van der Waals surface area contributed by atoms with E-state index >= 15 is 0 Å². The molecule has 0 spiro atoms. The Morgan fingerprint density at radius 1 is 1.29 bits per heavy atom. The van der Waals surface area contributed by atoms with Gasteiger partial charge in [0.25, 0.3) is 0 Å². The normalized spacial score (nSPS) is 20.3. The highest BCUT2D eigenvalue weighted by atomic mass is 32.1. The summed E-state index contributed by atoms with van der Waals surface area (Å²) in [6.07, 6.45) is 3.74. The molecule has 4 heteroatoms. The van der Waals surface area contributed by atoms with E-state index in [1.807, 2.05) is 7.05 Å². The molecular formula is C13H24N2S2. The molecule has 1 aliphatic rings. The smallest absolute Gasteiger partial charge is 0.0807 e. The highest BCUT2D eigenvalue weighted by Gasteiger charge is 2.31. The molecule has 0 radical (unpaired) electrons. The summed E-state index contributed by atoms with van der Waals surface area (Å²) in [7, 11) is 1.91. The number of nitrogens with one attached hydrogen (secondary N) is 2. The molecule has 0 bridgehead atoms. The molecule has 0 saturated heterocycles. The van der Waals surface area contributed by atoms with Crippen molar-refractivity contribution in [2.45, 2.75) is 45.3 Å². The molecule has 1 unspecified atom stereocenters. The van der Waals surface area contributed by atoms with Gasteiger partial charge in [0.15, 0.2) is 0 Å². The molecule has 17 heavy (non-hydrogen) atoms. The lowest BCUT2D eigenvalue weighted by molar-refractivity contribution is 0.359. The topological polar surface area (TPSA) is 24.1 Å². The van der Waals surface area contributed by atoms with Gasteiger partial charge in [0.05, 0.1) is 21.5 Å². The fraction of sp³-hybridized carbons (Fsp3) is 0.769. The molecule has 0 aromatic carbocycles. The summed E-state index contributed by atoms with van der Waals surface area (Å²) in [4.78, 5) is 0.924. The second-order valence-electron chi connectivity index (χ2n) is 5.75. The number of thiocarbonyl (C=S) groups is 1. The van der Waals surface area contributed by atoms with Crippen molar-refractivity contribution >= 4 is 29.7 Å². The van der Waals surface area contributed by atoms with E-state index in [0.717, 1.165) is 22.8 Å². The summed E-state index contributed by atoms with van der Waals surface area (Å²) < 4.78 is 0. The lowest BCUT2D eigenvalue weighted by Gasteiger charge is -2.32. The van der Waals surface area contributed by atoms with Crippen LogP contribution in [0.5, 0.6) is 0 Å². The molecule has 98 valence electrons. The minimum atomic E-state index is 0.120. The fourth-order valence-corrected chi connectivity index (χ4v) is 2.59. The zero-order valence-electron chi connectivity index (χ0n) is 11.3. The van der Waals surface area contributed by atoms with Gasteiger partial charge in [-0.2, -0.15) is 12.6 Å². The number of unbranched alkanes of at least 4 members (excludes halogenated alkanes) is 1. The first-order valence-corrected chi connectivity index (χ1v) is 7.17. The Labute approximate surface area is 116 Å². The third kappa shape index (κ3) is 4.18. The van der Waals surface area contributed by atoms with Crippen molar-refractivity contribution in [1.29, 1.82) is 0 Å². The average molecular weight is 272 g/mol. The maximum Gasteiger partial charge on any atom is 0.0807 e. The summed E-state index contributed by atoms with van der Waals surface area (Å²) in [5, 5.41) is 6.68. The van der Waals surface area contributed by atoms with E-state index in [1.54, 1.807) is 0 Å². The second kappa shape index (κ2) is 6.10. The van der Waals surface area contributed by atoms with Crippen LogP contribution in [0.25, 0.3) is 0 Å². The molecule has 0 aromatic heterocycles. The minimum Gasteiger partial charge on any atom is -0.386 e. The molecule has 1 rings (SSSR count). The van der Waals surface area contributed by atoms with E-state index < -0.39 is 0 Å². The second-order valence-corrected chi connectivity index (χ2v) is 6.71. The summed E-state index contributed by atoms with van der Waals surface area (Å²) in [6, 6.07) is 0.